The van der Waals surface area contributed by atoms with E-state index in [1.165, 1.54) is 0 Å². The molecule has 0 bridgehead atoms. The quantitative estimate of drug-likeness (QED) is 0.689. The van der Waals surface area contributed by atoms with Gasteiger partial charge in [-0.15, -0.1) is 0 Å². The zero-order valence-electron chi connectivity index (χ0n) is 17.3. The minimum absolute atomic E-state index is 0.114. The van der Waals surface area contributed by atoms with Crippen LogP contribution in [0.15, 0.2) is 10.5 Å². The van der Waals surface area contributed by atoms with Crippen LogP contribution in [0.2, 0.25) is 0 Å². The number of hydrogen-bond acceptors (Lipinski definition) is 5. The summed E-state index contributed by atoms with van der Waals surface area (Å²) in [7, 11) is 0. The SMILES string of the molecule is CCC[C@@]1(CO)CN(C(=O)c2cc(CN(CC)CC)c(CC)o2)CC[C@H]1O. The summed E-state index contributed by atoms with van der Waals surface area (Å²) >= 11 is 0. The Morgan fingerprint density at radius 3 is 2.59 bits per heavy atom. The second kappa shape index (κ2) is 9.71. The summed E-state index contributed by atoms with van der Waals surface area (Å²) in [5.74, 6) is 1.09. The standard InChI is InChI=1S/C21H36N2O4/c1-5-10-21(15-24)14-23(11-9-19(21)25)20(26)18-12-16(17(6-2)27-18)13-22(7-3)8-4/h12,19,24-25H,5-11,13-15H2,1-4H3/t19-,21+/m1/s1. The van der Waals surface area contributed by atoms with Crippen molar-refractivity contribution in [3.8, 4) is 0 Å². The van der Waals surface area contributed by atoms with E-state index < -0.39 is 11.5 Å². The van der Waals surface area contributed by atoms with Gasteiger partial charge in [-0.25, -0.2) is 0 Å². The number of piperidine rings is 1. The number of likely N-dealkylation sites (tertiary alicyclic amines) is 1. The van der Waals surface area contributed by atoms with Crippen molar-refractivity contribution in [3.05, 3.63) is 23.2 Å². The van der Waals surface area contributed by atoms with Crippen molar-refractivity contribution < 1.29 is 19.4 Å². The molecule has 1 amide bonds. The monoisotopic (exact) mass is 380 g/mol. The maximum Gasteiger partial charge on any atom is 0.289 e. The van der Waals surface area contributed by atoms with Gasteiger partial charge in [0.1, 0.15) is 5.76 Å². The van der Waals surface area contributed by atoms with Gasteiger partial charge in [0.15, 0.2) is 5.76 Å². The second-order valence-electron chi connectivity index (χ2n) is 7.68. The number of aryl methyl sites for hydroxylation is 1. The molecule has 1 aromatic rings. The number of amides is 1. The van der Waals surface area contributed by atoms with Gasteiger partial charge >= 0.3 is 0 Å². The van der Waals surface area contributed by atoms with E-state index in [2.05, 4.69) is 18.7 Å². The topological polar surface area (TPSA) is 77.2 Å². The Kier molecular flexibility index (Phi) is 7.89. The maximum absolute atomic E-state index is 13.1. The van der Waals surface area contributed by atoms with Gasteiger partial charge in [-0.2, -0.15) is 0 Å². The van der Waals surface area contributed by atoms with Gasteiger partial charge in [-0.05, 0) is 32.0 Å². The molecule has 1 aliphatic rings. The number of carbonyl (C=O) groups is 1. The molecule has 27 heavy (non-hydrogen) atoms. The summed E-state index contributed by atoms with van der Waals surface area (Å²) in [4.78, 5) is 17.1. The third kappa shape index (κ3) is 4.73. The predicted octanol–water partition coefficient (Wildman–Crippen LogP) is 2.67. The lowest BCUT2D eigenvalue weighted by molar-refractivity contribution is -0.0724. The largest absolute Gasteiger partial charge is 0.456 e. The van der Waals surface area contributed by atoms with Crippen LogP contribution in [0.1, 0.15) is 68.8 Å². The average Bonchev–Trinajstić information content (AvgIpc) is 3.10. The second-order valence-corrected chi connectivity index (χ2v) is 7.68. The Bertz CT molecular complexity index is 611. The van der Waals surface area contributed by atoms with E-state index in [1.54, 1.807) is 4.90 Å². The van der Waals surface area contributed by atoms with E-state index in [9.17, 15) is 15.0 Å². The van der Waals surface area contributed by atoms with Crippen LogP contribution in [0.25, 0.3) is 0 Å². The van der Waals surface area contributed by atoms with Crippen molar-refractivity contribution in [1.82, 2.24) is 9.80 Å². The Morgan fingerprint density at radius 1 is 1.33 bits per heavy atom. The Labute approximate surface area is 163 Å². The molecule has 0 unspecified atom stereocenters. The Hall–Kier alpha value is -1.37. The minimum Gasteiger partial charge on any atom is -0.456 e. The van der Waals surface area contributed by atoms with Gasteiger partial charge in [0.05, 0.1) is 12.7 Å². The van der Waals surface area contributed by atoms with Crippen molar-refractivity contribution in [2.45, 2.75) is 66.0 Å². The third-order valence-corrected chi connectivity index (χ3v) is 5.95. The van der Waals surface area contributed by atoms with Gasteiger partial charge in [0.2, 0.25) is 0 Å². The molecule has 2 N–H and O–H groups in total. The highest BCUT2D eigenvalue weighted by molar-refractivity contribution is 5.92. The van der Waals surface area contributed by atoms with E-state index in [0.29, 0.717) is 31.7 Å². The van der Waals surface area contributed by atoms with Crippen LogP contribution >= 0.6 is 0 Å². The minimum atomic E-state index is -0.632. The molecule has 2 atom stereocenters. The van der Waals surface area contributed by atoms with Crippen LogP contribution in [0, 0.1) is 5.41 Å². The lowest BCUT2D eigenvalue weighted by Crippen LogP contribution is -2.55. The van der Waals surface area contributed by atoms with Gasteiger partial charge in [0.25, 0.3) is 5.91 Å². The van der Waals surface area contributed by atoms with Crippen molar-refractivity contribution in [2.75, 3.05) is 32.8 Å². The highest BCUT2D eigenvalue weighted by atomic mass is 16.4. The normalized spacial score (nSPS) is 23.2. The number of furan rings is 1. The average molecular weight is 381 g/mol. The summed E-state index contributed by atoms with van der Waals surface area (Å²) in [6.07, 6.45) is 2.21. The fourth-order valence-electron chi connectivity index (χ4n) is 4.15. The molecule has 154 valence electrons. The number of rotatable bonds is 9. The van der Waals surface area contributed by atoms with Crippen molar-refractivity contribution >= 4 is 5.91 Å². The fourth-order valence-corrected chi connectivity index (χ4v) is 4.15. The van der Waals surface area contributed by atoms with Gasteiger partial charge in [-0.3, -0.25) is 9.69 Å². The molecule has 1 aliphatic heterocycles. The number of nitrogens with zero attached hydrogens (tertiary/aromatic N) is 2. The number of aliphatic hydroxyl groups is 2. The molecular weight excluding hydrogens is 344 g/mol. The molecular formula is C21H36N2O4. The van der Waals surface area contributed by atoms with Crippen LogP contribution in [-0.2, 0) is 13.0 Å². The summed E-state index contributed by atoms with van der Waals surface area (Å²) in [6.45, 7) is 11.7. The van der Waals surface area contributed by atoms with Crippen LogP contribution < -0.4 is 0 Å². The molecule has 0 saturated carbocycles. The smallest absolute Gasteiger partial charge is 0.289 e. The third-order valence-electron chi connectivity index (χ3n) is 5.95. The van der Waals surface area contributed by atoms with Crippen LogP contribution in [0.3, 0.4) is 0 Å². The summed E-state index contributed by atoms with van der Waals surface area (Å²) in [5, 5.41) is 20.4. The summed E-state index contributed by atoms with van der Waals surface area (Å²) < 4.78 is 5.91. The number of aliphatic hydroxyl groups excluding tert-OH is 2. The number of hydrogen-bond donors (Lipinski definition) is 2. The van der Waals surface area contributed by atoms with E-state index in [1.807, 2.05) is 19.9 Å². The Morgan fingerprint density at radius 2 is 2.04 bits per heavy atom. The molecule has 0 aliphatic carbocycles. The van der Waals surface area contributed by atoms with Crippen LogP contribution in [0.5, 0.6) is 0 Å². The molecule has 0 aromatic carbocycles. The highest BCUT2D eigenvalue weighted by Gasteiger charge is 2.43. The molecule has 2 heterocycles. The van der Waals surface area contributed by atoms with Gasteiger partial charge < -0.3 is 19.5 Å². The van der Waals surface area contributed by atoms with Crippen molar-refractivity contribution in [3.63, 3.8) is 0 Å². The van der Waals surface area contributed by atoms with Gasteiger partial charge in [-0.1, -0.05) is 34.1 Å². The molecule has 1 saturated heterocycles. The summed E-state index contributed by atoms with van der Waals surface area (Å²) in [5.41, 5.74) is 0.441. The molecule has 6 nitrogen and oxygen atoms in total. The first-order valence-corrected chi connectivity index (χ1v) is 10.4. The van der Waals surface area contributed by atoms with E-state index in [4.69, 9.17) is 4.42 Å². The lowest BCUT2D eigenvalue weighted by Gasteiger charge is -2.45. The van der Waals surface area contributed by atoms with Crippen molar-refractivity contribution in [1.29, 1.82) is 0 Å². The van der Waals surface area contributed by atoms with Crippen LogP contribution in [0.4, 0.5) is 0 Å². The summed E-state index contributed by atoms with van der Waals surface area (Å²) in [6, 6.07) is 1.88. The molecule has 1 aromatic heterocycles. The van der Waals surface area contributed by atoms with Gasteiger partial charge in [0, 0.05) is 37.0 Å². The van der Waals surface area contributed by atoms with E-state index in [0.717, 1.165) is 43.8 Å². The molecule has 6 heteroatoms. The number of carbonyl (C=O) groups excluding carboxylic acids is 1. The van der Waals surface area contributed by atoms with E-state index in [-0.39, 0.29) is 12.5 Å². The van der Waals surface area contributed by atoms with E-state index >= 15 is 0 Å². The first-order valence-electron chi connectivity index (χ1n) is 10.4. The molecule has 2 rings (SSSR count). The molecule has 0 spiro atoms. The highest BCUT2D eigenvalue weighted by Crippen LogP contribution is 2.35. The zero-order chi connectivity index (χ0) is 20.0. The zero-order valence-corrected chi connectivity index (χ0v) is 17.3. The Balaban J connectivity index is 2.20. The fraction of sp³-hybridized carbons (Fsp3) is 0.762. The maximum atomic E-state index is 13.1. The first kappa shape index (κ1) is 21.9. The van der Waals surface area contributed by atoms with Crippen molar-refractivity contribution in [2.24, 2.45) is 5.41 Å². The first-order chi connectivity index (χ1) is 12.9. The predicted molar refractivity (Wildman–Crippen MR) is 106 cm³/mol. The molecule has 1 fully saturated rings. The van der Waals surface area contributed by atoms with Crippen LogP contribution in [-0.4, -0.2) is 64.8 Å². The molecule has 0 radical (unpaired) electrons. The lowest BCUT2D eigenvalue weighted by atomic mass is 9.74.